The van der Waals surface area contributed by atoms with Gasteiger partial charge in [-0.25, -0.2) is 4.98 Å². The minimum absolute atomic E-state index is 0.594. The van der Waals surface area contributed by atoms with Crippen LogP contribution in [-0.2, 0) is 6.42 Å². The number of piperidine rings is 1. The van der Waals surface area contributed by atoms with Gasteiger partial charge in [0.05, 0.1) is 0 Å². The molecule has 14 heavy (non-hydrogen) atoms. The SMILES string of the molecule is CCc1nc(N)cn1C1CCNCC1. The van der Waals surface area contributed by atoms with Crippen LogP contribution >= 0.6 is 0 Å². The highest BCUT2D eigenvalue weighted by Gasteiger charge is 2.17. The molecule has 0 aromatic carbocycles. The number of anilines is 1. The lowest BCUT2D eigenvalue weighted by Crippen LogP contribution is -2.29. The minimum atomic E-state index is 0.594. The van der Waals surface area contributed by atoms with Gasteiger partial charge in [-0.05, 0) is 25.9 Å². The molecule has 0 unspecified atom stereocenters. The Hall–Kier alpha value is -1.03. The van der Waals surface area contributed by atoms with Crippen molar-refractivity contribution in [1.29, 1.82) is 0 Å². The molecule has 1 aromatic rings. The Balaban J connectivity index is 2.20. The second kappa shape index (κ2) is 4.00. The zero-order valence-corrected chi connectivity index (χ0v) is 8.66. The van der Waals surface area contributed by atoms with Gasteiger partial charge in [-0.2, -0.15) is 0 Å². The first-order chi connectivity index (χ1) is 6.81. The third-order valence-electron chi connectivity index (χ3n) is 2.85. The van der Waals surface area contributed by atoms with Crippen LogP contribution in [0, 0.1) is 0 Å². The molecule has 0 saturated carbocycles. The highest BCUT2D eigenvalue weighted by atomic mass is 15.1. The van der Waals surface area contributed by atoms with Crippen LogP contribution in [0.1, 0.15) is 31.6 Å². The van der Waals surface area contributed by atoms with Gasteiger partial charge < -0.3 is 15.6 Å². The van der Waals surface area contributed by atoms with Crippen molar-refractivity contribution in [3.63, 3.8) is 0 Å². The highest BCUT2D eigenvalue weighted by molar-refractivity contribution is 5.26. The predicted octanol–water partition coefficient (Wildman–Crippen LogP) is 0.952. The molecule has 1 saturated heterocycles. The Labute approximate surface area is 84.5 Å². The standard InChI is InChI=1S/C10H18N4/c1-2-10-13-9(11)7-14(10)8-3-5-12-6-4-8/h7-8,12H,2-6,11H2,1H3. The van der Waals surface area contributed by atoms with Crippen molar-refractivity contribution in [1.82, 2.24) is 14.9 Å². The number of imidazole rings is 1. The maximum atomic E-state index is 5.71. The van der Waals surface area contributed by atoms with E-state index in [1.807, 2.05) is 6.20 Å². The van der Waals surface area contributed by atoms with Crippen LogP contribution in [0.5, 0.6) is 0 Å². The highest BCUT2D eigenvalue weighted by Crippen LogP contribution is 2.21. The van der Waals surface area contributed by atoms with Crippen LogP contribution in [0.15, 0.2) is 6.20 Å². The van der Waals surface area contributed by atoms with Crippen LogP contribution < -0.4 is 11.1 Å². The molecule has 1 aromatic heterocycles. The maximum absolute atomic E-state index is 5.71. The minimum Gasteiger partial charge on any atom is -0.382 e. The van der Waals surface area contributed by atoms with Crippen LogP contribution in [-0.4, -0.2) is 22.6 Å². The molecule has 0 amide bonds. The summed E-state index contributed by atoms with van der Waals surface area (Å²) in [4.78, 5) is 4.32. The molecule has 0 atom stereocenters. The molecular weight excluding hydrogens is 176 g/mol. The first kappa shape index (κ1) is 9.52. The van der Waals surface area contributed by atoms with Crippen molar-refractivity contribution in [2.45, 2.75) is 32.2 Å². The van der Waals surface area contributed by atoms with E-state index in [0.29, 0.717) is 11.9 Å². The van der Waals surface area contributed by atoms with Crippen molar-refractivity contribution >= 4 is 5.82 Å². The zero-order valence-electron chi connectivity index (χ0n) is 8.66. The Morgan fingerprint density at radius 1 is 1.57 bits per heavy atom. The number of nitrogens with two attached hydrogens (primary N) is 1. The molecule has 0 spiro atoms. The second-order valence-corrected chi connectivity index (χ2v) is 3.82. The Kier molecular flexibility index (Phi) is 2.72. The first-order valence-electron chi connectivity index (χ1n) is 5.35. The number of aryl methyl sites for hydroxylation is 1. The van der Waals surface area contributed by atoms with E-state index in [9.17, 15) is 0 Å². The second-order valence-electron chi connectivity index (χ2n) is 3.82. The molecule has 2 rings (SSSR count). The van der Waals surface area contributed by atoms with E-state index in [2.05, 4.69) is 21.8 Å². The molecule has 2 heterocycles. The molecule has 78 valence electrons. The maximum Gasteiger partial charge on any atom is 0.141 e. The summed E-state index contributed by atoms with van der Waals surface area (Å²) in [6.07, 6.45) is 5.31. The molecule has 1 fully saturated rings. The van der Waals surface area contributed by atoms with Crippen LogP contribution in [0.4, 0.5) is 5.82 Å². The zero-order chi connectivity index (χ0) is 9.97. The van der Waals surface area contributed by atoms with Crippen LogP contribution in [0.25, 0.3) is 0 Å². The number of nitrogens with zero attached hydrogens (tertiary/aromatic N) is 2. The normalized spacial score (nSPS) is 18.6. The summed E-state index contributed by atoms with van der Waals surface area (Å²) in [5.41, 5.74) is 5.71. The fourth-order valence-electron chi connectivity index (χ4n) is 2.12. The summed E-state index contributed by atoms with van der Waals surface area (Å²) in [6.45, 7) is 4.33. The van der Waals surface area contributed by atoms with Gasteiger partial charge >= 0.3 is 0 Å². The number of hydrogen-bond donors (Lipinski definition) is 2. The Morgan fingerprint density at radius 2 is 2.29 bits per heavy atom. The van der Waals surface area contributed by atoms with Gasteiger partial charge in [-0.1, -0.05) is 6.92 Å². The Bertz CT molecular complexity index is 299. The van der Waals surface area contributed by atoms with Gasteiger partial charge in [-0.3, -0.25) is 0 Å². The summed E-state index contributed by atoms with van der Waals surface area (Å²) in [5.74, 6) is 1.77. The molecule has 3 N–H and O–H groups in total. The van der Waals surface area contributed by atoms with Gasteiger partial charge in [0.2, 0.25) is 0 Å². The van der Waals surface area contributed by atoms with E-state index in [1.165, 1.54) is 12.8 Å². The lowest BCUT2D eigenvalue weighted by atomic mass is 10.1. The largest absolute Gasteiger partial charge is 0.382 e. The fourth-order valence-corrected chi connectivity index (χ4v) is 2.12. The molecule has 0 aliphatic carbocycles. The quantitative estimate of drug-likeness (QED) is 0.737. The van der Waals surface area contributed by atoms with Gasteiger partial charge in [0.15, 0.2) is 0 Å². The number of aromatic nitrogens is 2. The molecule has 0 radical (unpaired) electrons. The summed E-state index contributed by atoms with van der Waals surface area (Å²) in [7, 11) is 0. The average Bonchev–Trinajstić information content (AvgIpc) is 2.61. The summed E-state index contributed by atoms with van der Waals surface area (Å²) < 4.78 is 2.26. The molecule has 1 aliphatic heterocycles. The van der Waals surface area contributed by atoms with Gasteiger partial charge in [-0.15, -0.1) is 0 Å². The van der Waals surface area contributed by atoms with Crippen LogP contribution in [0.3, 0.4) is 0 Å². The summed E-state index contributed by atoms with van der Waals surface area (Å²) in [5, 5.41) is 3.36. The van der Waals surface area contributed by atoms with Crippen molar-refractivity contribution in [3.8, 4) is 0 Å². The molecule has 1 aliphatic rings. The van der Waals surface area contributed by atoms with Crippen molar-refractivity contribution in [2.24, 2.45) is 0 Å². The lowest BCUT2D eigenvalue weighted by molar-refractivity contribution is 0.360. The van der Waals surface area contributed by atoms with E-state index >= 15 is 0 Å². The van der Waals surface area contributed by atoms with Gasteiger partial charge in [0.1, 0.15) is 11.6 Å². The predicted molar refractivity (Wildman–Crippen MR) is 57.2 cm³/mol. The topological polar surface area (TPSA) is 55.9 Å². The van der Waals surface area contributed by atoms with E-state index in [1.54, 1.807) is 0 Å². The van der Waals surface area contributed by atoms with E-state index < -0.39 is 0 Å². The smallest absolute Gasteiger partial charge is 0.141 e. The molecule has 4 nitrogen and oxygen atoms in total. The molecule has 0 bridgehead atoms. The van der Waals surface area contributed by atoms with Crippen LogP contribution in [0.2, 0.25) is 0 Å². The first-order valence-corrected chi connectivity index (χ1v) is 5.35. The number of hydrogen-bond acceptors (Lipinski definition) is 3. The van der Waals surface area contributed by atoms with E-state index in [0.717, 1.165) is 25.3 Å². The molecular formula is C10H18N4. The van der Waals surface area contributed by atoms with Gasteiger partial charge in [0.25, 0.3) is 0 Å². The number of nitrogen functional groups attached to an aromatic ring is 1. The summed E-state index contributed by atoms with van der Waals surface area (Å²) >= 11 is 0. The monoisotopic (exact) mass is 194 g/mol. The van der Waals surface area contributed by atoms with Gasteiger partial charge in [0, 0.05) is 18.7 Å². The van der Waals surface area contributed by atoms with Crippen molar-refractivity contribution in [3.05, 3.63) is 12.0 Å². The third-order valence-corrected chi connectivity index (χ3v) is 2.85. The lowest BCUT2D eigenvalue weighted by Gasteiger charge is -2.25. The third kappa shape index (κ3) is 1.75. The van der Waals surface area contributed by atoms with E-state index in [-0.39, 0.29) is 0 Å². The summed E-state index contributed by atoms with van der Waals surface area (Å²) in [6, 6.07) is 0.594. The van der Waals surface area contributed by atoms with E-state index in [4.69, 9.17) is 5.73 Å². The van der Waals surface area contributed by atoms with Crippen molar-refractivity contribution < 1.29 is 0 Å². The average molecular weight is 194 g/mol. The number of rotatable bonds is 2. The van der Waals surface area contributed by atoms with Crippen molar-refractivity contribution in [2.75, 3.05) is 18.8 Å². The number of nitrogens with one attached hydrogen (secondary N) is 1. The fraction of sp³-hybridized carbons (Fsp3) is 0.700. The molecule has 4 heteroatoms. The Morgan fingerprint density at radius 3 is 2.93 bits per heavy atom.